The van der Waals surface area contributed by atoms with Gasteiger partial charge in [-0.1, -0.05) is 12.1 Å². The van der Waals surface area contributed by atoms with Crippen molar-refractivity contribution >= 4 is 11.4 Å². The van der Waals surface area contributed by atoms with Gasteiger partial charge in [-0.3, -0.25) is 10.1 Å². The van der Waals surface area contributed by atoms with Crippen molar-refractivity contribution < 1.29 is 4.92 Å². The summed E-state index contributed by atoms with van der Waals surface area (Å²) in [6.07, 6.45) is 0. The number of nitrogens with zero attached hydrogens (tertiary/aromatic N) is 1. The number of para-hydroxylation sites is 2. The minimum absolute atomic E-state index is 0.0542. The van der Waals surface area contributed by atoms with Crippen molar-refractivity contribution in [1.29, 1.82) is 0 Å². The summed E-state index contributed by atoms with van der Waals surface area (Å²) < 4.78 is 0. The fraction of sp³-hybridized carbons (Fsp3) is 0.333. The summed E-state index contributed by atoms with van der Waals surface area (Å²) in [7, 11) is 0. The van der Waals surface area contributed by atoms with Gasteiger partial charge in [0.15, 0.2) is 0 Å². The predicted octanol–water partition coefficient (Wildman–Crippen LogP) is 1.17. The second-order valence-corrected chi connectivity index (χ2v) is 3.28. The van der Waals surface area contributed by atoms with Gasteiger partial charge in [0.25, 0.3) is 0 Å². The zero-order valence-corrected chi connectivity index (χ0v) is 7.56. The molecule has 74 valence electrons. The Morgan fingerprint density at radius 1 is 1.43 bits per heavy atom. The van der Waals surface area contributed by atoms with Gasteiger partial charge in [0.05, 0.1) is 11.4 Å². The molecule has 1 aromatic carbocycles. The Bertz CT molecular complexity index is 354. The van der Waals surface area contributed by atoms with Crippen LogP contribution in [-0.4, -0.2) is 24.1 Å². The van der Waals surface area contributed by atoms with E-state index >= 15 is 0 Å². The quantitative estimate of drug-likeness (QED) is 0.546. The zero-order valence-electron chi connectivity index (χ0n) is 7.56. The van der Waals surface area contributed by atoms with Gasteiger partial charge in [-0.25, -0.2) is 0 Å². The maximum atomic E-state index is 10.3. The van der Waals surface area contributed by atoms with Gasteiger partial charge < -0.3 is 10.6 Å². The first-order valence-electron chi connectivity index (χ1n) is 4.47. The molecule has 0 saturated carbocycles. The monoisotopic (exact) mass is 193 g/mol. The van der Waals surface area contributed by atoms with Gasteiger partial charge in [-0.15, -0.1) is 0 Å². The van der Waals surface area contributed by atoms with E-state index in [1.165, 1.54) is 0 Å². The molecule has 0 spiro atoms. The molecule has 0 saturated heterocycles. The van der Waals surface area contributed by atoms with Crippen molar-refractivity contribution in [2.45, 2.75) is 6.04 Å². The van der Waals surface area contributed by atoms with E-state index in [1.54, 1.807) is 0 Å². The van der Waals surface area contributed by atoms with Crippen molar-refractivity contribution in [3.05, 3.63) is 34.4 Å². The second kappa shape index (κ2) is 3.53. The van der Waals surface area contributed by atoms with E-state index in [9.17, 15) is 10.1 Å². The highest BCUT2D eigenvalue weighted by atomic mass is 16.6. The van der Waals surface area contributed by atoms with Crippen LogP contribution in [0.4, 0.5) is 11.4 Å². The van der Waals surface area contributed by atoms with E-state index in [2.05, 4.69) is 10.6 Å². The van der Waals surface area contributed by atoms with E-state index < -0.39 is 0 Å². The number of rotatable bonds is 2. The van der Waals surface area contributed by atoms with Crippen molar-refractivity contribution in [1.82, 2.24) is 0 Å². The molecule has 0 bridgehead atoms. The lowest BCUT2D eigenvalue weighted by molar-refractivity contribution is -0.481. The Morgan fingerprint density at radius 3 is 2.86 bits per heavy atom. The third kappa shape index (κ3) is 1.76. The summed E-state index contributed by atoms with van der Waals surface area (Å²) in [5.41, 5.74) is 1.94. The molecule has 1 aliphatic heterocycles. The SMILES string of the molecule is O=[N+]([O-])CC1CNc2ccccc2N1. The molecule has 0 aliphatic carbocycles. The third-order valence-electron chi connectivity index (χ3n) is 2.20. The highest BCUT2D eigenvalue weighted by Gasteiger charge is 2.20. The molecule has 2 N–H and O–H groups in total. The molecular formula is C9H11N3O2. The number of nitro groups is 1. The number of anilines is 2. The molecule has 0 amide bonds. The second-order valence-electron chi connectivity index (χ2n) is 3.28. The normalized spacial score (nSPS) is 19.0. The lowest BCUT2D eigenvalue weighted by atomic mass is 10.1. The van der Waals surface area contributed by atoms with Gasteiger partial charge in [0.2, 0.25) is 6.54 Å². The molecule has 5 heteroatoms. The zero-order chi connectivity index (χ0) is 9.97. The van der Waals surface area contributed by atoms with E-state index in [4.69, 9.17) is 0 Å². The third-order valence-corrected chi connectivity index (χ3v) is 2.20. The first-order chi connectivity index (χ1) is 6.75. The lowest BCUT2D eigenvalue weighted by Crippen LogP contribution is -2.38. The smallest absolute Gasteiger partial charge is 0.225 e. The predicted molar refractivity (Wildman–Crippen MR) is 54.2 cm³/mol. The maximum absolute atomic E-state index is 10.3. The molecule has 0 radical (unpaired) electrons. The minimum Gasteiger partial charge on any atom is -0.381 e. The van der Waals surface area contributed by atoms with E-state index in [1.807, 2.05) is 24.3 Å². The average Bonchev–Trinajstić information content (AvgIpc) is 2.17. The summed E-state index contributed by atoms with van der Waals surface area (Å²) in [4.78, 5) is 10.0. The minimum atomic E-state index is -0.298. The molecule has 1 unspecified atom stereocenters. The van der Waals surface area contributed by atoms with Crippen LogP contribution in [0, 0.1) is 10.1 Å². The van der Waals surface area contributed by atoms with E-state index in [-0.39, 0.29) is 17.5 Å². The number of hydrogen-bond acceptors (Lipinski definition) is 4. The van der Waals surface area contributed by atoms with Crippen LogP contribution in [0.3, 0.4) is 0 Å². The Labute approximate surface area is 81.3 Å². The van der Waals surface area contributed by atoms with Crippen LogP contribution in [0.15, 0.2) is 24.3 Å². The molecule has 1 aromatic rings. The fourth-order valence-corrected chi connectivity index (χ4v) is 1.56. The van der Waals surface area contributed by atoms with Gasteiger partial charge in [-0.2, -0.15) is 0 Å². The Kier molecular flexibility index (Phi) is 2.22. The molecule has 5 nitrogen and oxygen atoms in total. The van der Waals surface area contributed by atoms with Crippen molar-refractivity contribution in [2.24, 2.45) is 0 Å². The average molecular weight is 193 g/mol. The van der Waals surface area contributed by atoms with Crippen LogP contribution in [0.25, 0.3) is 0 Å². The maximum Gasteiger partial charge on any atom is 0.225 e. The van der Waals surface area contributed by atoms with Crippen LogP contribution in [-0.2, 0) is 0 Å². The molecule has 1 heterocycles. The highest BCUT2D eigenvalue weighted by Crippen LogP contribution is 2.24. The summed E-state index contributed by atoms with van der Waals surface area (Å²) in [5, 5.41) is 16.6. The van der Waals surface area contributed by atoms with Gasteiger partial charge >= 0.3 is 0 Å². The summed E-state index contributed by atoms with van der Waals surface area (Å²) in [5.74, 6) is 0. The lowest BCUT2D eigenvalue weighted by Gasteiger charge is -2.25. The molecule has 1 aliphatic rings. The first kappa shape index (κ1) is 8.80. The van der Waals surface area contributed by atoms with Gasteiger partial charge in [-0.05, 0) is 12.1 Å². The fourth-order valence-electron chi connectivity index (χ4n) is 1.56. The van der Waals surface area contributed by atoms with Crippen molar-refractivity contribution in [3.63, 3.8) is 0 Å². The Hall–Kier alpha value is -1.78. The molecular weight excluding hydrogens is 182 g/mol. The summed E-state index contributed by atoms with van der Waals surface area (Å²) in [6, 6.07) is 7.57. The van der Waals surface area contributed by atoms with Crippen molar-refractivity contribution in [2.75, 3.05) is 23.7 Å². The summed E-state index contributed by atoms with van der Waals surface area (Å²) in [6.45, 7) is 0.541. The molecule has 0 fully saturated rings. The summed E-state index contributed by atoms with van der Waals surface area (Å²) >= 11 is 0. The molecule has 14 heavy (non-hydrogen) atoms. The Morgan fingerprint density at radius 2 is 2.14 bits per heavy atom. The van der Waals surface area contributed by atoms with Crippen LogP contribution in [0.1, 0.15) is 0 Å². The van der Waals surface area contributed by atoms with E-state index in [0.29, 0.717) is 6.54 Å². The highest BCUT2D eigenvalue weighted by molar-refractivity contribution is 5.70. The van der Waals surface area contributed by atoms with Gasteiger partial charge in [0, 0.05) is 11.5 Å². The van der Waals surface area contributed by atoms with Crippen molar-refractivity contribution in [3.8, 4) is 0 Å². The van der Waals surface area contributed by atoms with Crippen LogP contribution in [0.5, 0.6) is 0 Å². The standard InChI is InChI=1S/C9H11N3O2/c13-12(14)6-7-5-10-8-3-1-2-4-9(8)11-7/h1-4,7,10-11H,5-6H2. The molecule has 1 atom stereocenters. The number of fused-ring (bicyclic) bond motifs is 1. The van der Waals surface area contributed by atoms with Crippen LogP contribution in [0.2, 0.25) is 0 Å². The Balaban J connectivity index is 2.09. The molecule has 0 aromatic heterocycles. The van der Waals surface area contributed by atoms with Crippen LogP contribution >= 0.6 is 0 Å². The van der Waals surface area contributed by atoms with Crippen LogP contribution < -0.4 is 10.6 Å². The first-order valence-corrected chi connectivity index (χ1v) is 4.47. The molecule has 2 rings (SSSR count). The number of hydrogen-bond donors (Lipinski definition) is 2. The van der Waals surface area contributed by atoms with Gasteiger partial charge in [0.1, 0.15) is 6.04 Å². The largest absolute Gasteiger partial charge is 0.381 e. The van der Waals surface area contributed by atoms with E-state index in [0.717, 1.165) is 11.4 Å². The number of benzene rings is 1. The number of nitrogens with one attached hydrogen (secondary N) is 2. The topological polar surface area (TPSA) is 67.2 Å².